The number of alkyl halides is 3. The van der Waals surface area contributed by atoms with Crippen molar-refractivity contribution in [3.63, 3.8) is 0 Å². The van der Waals surface area contributed by atoms with Crippen molar-refractivity contribution in [2.45, 2.75) is 25.9 Å². The summed E-state index contributed by atoms with van der Waals surface area (Å²) in [5, 5.41) is 3.68. The van der Waals surface area contributed by atoms with Gasteiger partial charge >= 0.3 is 6.36 Å². The Hall–Kier alpha value is -3.13. The minimum Gasteiger partial charge on any atom is -0.405 e. The van der Waals surface area contributed by atoms with Crippen LogP contribution >= 0.6 is 0 Å². The number of aromatic nitrogens is 1. The van der Waals surface area contributed by atoms with Crippen molar-refractivity contribution in [2.24, 2.45) is 0 Å². The van der Waals surface area contributed by atoms with E-state index >= 15 is 0 Å². The zero-order valence-corrected chi connectivity index (χ0v) is 15.9. The number of ether oxygens (including phenoxy) is 1. The monoisotopic (exact) mass is 403 g/mol. The summed E-state index contributed by atoms with van der Waals surface area (Å²) in [7, 11) is 1.67. The number of likely N-dealkylation sites (N-methyl/N-ethyl adjacent to an activating group) is 1. The van der Waals surface area contributed by atoms with Gasteiger partial charge in [0.15, 0.2) is 0 Å². The Labute approximate surface area is 166 Å². The third kappa shape index (κ3) is 5.23. The molecule has 0 saturated carbocycles. The number of carbonyl (C=O) groups excluding carboxylic acids is 1. The van der Waals surface area contributed by atoms with Crippen molar-refractivity contribution in [3.8, 4) is 5.75 Å². The van der Waals surface area contributed by atoms with E-state index in [9.17, 15) is 18.0 Å². The molecular weight excluding hydrogens is 383 g/mol. The first-order chi connectivity index (χ1) is 13.7. The number of hydrogen-bond acceptors (Lipinski definition) is 4. The molecule has 0 aliphatic carbocycles. The largest absolute Gasteiger partial charge is 0.573 e. The second-order valence-electron chi connectivity index (χ2n) is 6.61. The topological polar surface area (TPSA) is 54.5 Å². The standard InChI is InChI=1S/C21H20F3N3O2/c1-14(20(28)26-18-10-5-9-17-16(18)8-6-12-25-17)27(2)13-15-7-3-4-11-19(15)29-21(22,23)24/h3-12,14H,13H2,1-2H3,(H,26,28). The fourth-order valence-corrected chi connectivity index (χ4v) is 2.91. The number of nitrogens with zero attached hydrogens (tertiary/aromatic N) is 2. The molecule has 1 unspecified atom stereocenters. The predicted octanol–water partition coefficient (Wildman–Crippen LogP) is 4.59. The van der Waals surface area contributed by atoms with Crippen LogP contribution in [-0.2, 0) is 11.3 Å². The molecule has 3 rings (SSSR count). The molecule has 0 aliphatic heterocycles. The Balaban J connectivity index is 1.72. The molecule has 0 bridgehead atoms. The molecule has 1 aromatic heterocycles. The highest BCUT2D eigenvalue weighted by atomic mass is 19.4. The number of carbonyl (C=O) groups is 1. The Kier molecular flexibility index (Phi) is 6.03. The van der Waals surface area contributed by atoms with Crippen LogP contribution in [0.5, 0.6) is 5.75 Å². The van der Waals surface area contributed by atoms with E-state index in [1.807, 2.05) is 12.1 Å². The van der Waals surface area contributed by atoms with Crippen LogP contribution in [0.15, 0.2) is 60.8 Å². The molecular formula is C21H20F3N3O2. The molecule has 0 aliphatic rings. The van der Waals surface area contributed by atoms with Gasteiger partial charge in [-0.05, 0) is 44.3 Å². The summed E-state index contributed by atoms with van der Waals surface area (Å²) in [6.45, 7) is 1.80. The molecule has 3 aromatic rings. The minimum absolute atomic E-state index is 0.109. The number of amides is 1. The van der Waals surface area contributed by atoms with E-state index < -0.39 is 12.4 Å². The molecule has 29 heavy (non-hydrogen) atoms. The van der Waals surface area contributed by atoms with Gasteiger partial charge < -0.3 is 10.1 Å². The molecule has 152 valence electrons. The van der Waals surface area contributed by atoms with Gasteiger partial charge in [-0.2, -0.15) is 0 Å². The molecule has 0 spiro atoms. The second-order valence-corrected chi connectivity index (χ2v) is 6.61. The van der Waals surface area contributed by atoms with Crippen LogP contribution in [0, 0.1) is 0 Å². The van der Waals surface area contributed by atoms with Gasteiger partial charge in [0.05, 0.1) is 17.2 Å². The second kappa shape index (κ2) is 8.48. The van der Waals surface area contributed by atoms with E-state index in [2.05, 4.69) is 15.0 Å². The third-order valence-electron chi connectivity index (χ3n) is 4.56. The number of fused-ring (bicyclic) bond motifs is 1. The lowest BCUT2D eigenvalue weighted by Gasteiger charge is -2.25. The van der Waals surface area contributed by atoms with Crippen LogP contribution in [0.3, 0.4) is 0 Å². The molecule has 5 nitrogen and oxygen atoms in total. The number of para-hydroxylation sites is 1. The predicted molar refractivity (Wildman–Crippen MR) is 104 cm³/mol. The number of hydrogen-bond donors (Lipinski definition) is 1. The quantitative estimate of drug-likeness (QED) is 0.654. The summed E-state index contributed by atoms with van der Waals surface area (Å²) >= 11 is 0. The number of benzene rings is 2. The summed E-state index contributed by atoms with van der Waals surface area (Å²) in [5.41, 5.74) is 1.72. The van der Waals surface area contributed by atoms with Gasteiger partial charge in [0.1, 0.15) is 5.75 Å². The van der Waals surface area contributed by atoms with Crippen molar-refractivity contribution >= 4 is 22.5 Å². The smallest absolute Gasteiger partial charge is 0.405 e. The number of halogens is 3. The van der Waals surface area contributed by atoms with Crippen molar-refractivity contribution < 1.29 is 22.7 Å². The van der Waals surface area contributed by atoms with Gasteiger partial charge in [-0.15, -0.1) is 13.2 Å². The summed E-state index contributed by atoms with van der Waals surface area (Å²) < 4.78 is 41.9. The first-order valence-electron chi connectivity index (χ1n) is 8.93. The van der Waals surface area contributed by atoms with E-state index in [4.69, 9.17) is 0 Å². The molecule has 8 heteroatoms. The SMILES string of the molecule is CC(C(=O)Nc1cccc2ncccc12)N(C)Cc1ccccc1OC(F)(F)F. The number of pyridine rings is 1. The average molecular weight is 403 g/mol. The van der Waals surface area contributed by atoms with Gasteiger partial charge in [-0.1, -0.05) is 24.3 Å². The summed E-state index contributed by atoms with van der Waals surface area (Å²) in [6, 6.07) is 14.4. The molecule has 0 fully saturated rings. The van der Waals surface area contributed by atoms with Crippen LogP contribution in [0.2, 0.25) is 0 Å². The van der Waals surface area contributed by atoms with Gasteiger partial charge in [0.2, 0.25) is 5.91 Å². The first-order valence-corrected chi connectivity index (χ1v) is 8.93. The molecule has 2 aromatic carbocycles. The van der Waals surface area contributed by atoms with Crippen molar-refractivity contribution in [1.82, 2.24) is 9.88 Å². The van der Waals surface area contributed by atoms with Gasteiger partial charge in [0.25, 0.3) is 0 Å². The molecule has 0 saturated heterocycles. The number of nitrogens with one attached hydrogen (secondary N) is 1. The van der Waals surface area contributed by atoms with Gasteiger partial charge in [-0.25, -0.2) is 0 Å². The van der Waals surface area contributed by atoms with E-state index in [1.54, 1.807) is 55.4 Å². The number of rotatable bonds is 6. The first kappa shape index (κ1) is 20.6. The van der Waals surface area contributed by atoms with Crippen LogP contribution in [0.1, 0.15) is 12.5 Å². The van der Waals surface area contributed by atoms with Crippen molar-refractivity contribution in [1.29, 1.82) is 0 Å². The molecule has 1 amide bonds. The summed E-state index contributed by atoms with van der Waals surface area (Å²) in [4.78, 5) is 18.6. The maximum absolute atomic E-state index is 12.7. The molecule has 1 N–H and O–H groups in total. The van der Waals surface area contributed by atoms with E-state index in [0.717, 1.165) is 10.9 Å². The normalized spacial score (nSPS) is 12.8. The zero-order chi connectivity index (χ0) is 21.0. The zero-order valence-electron chi connectivity index (χ0n) is 15.9. The summed E-state index contributed by atoms with van der Waals surface area (Å²) in [6.07, 6.45) is -3.11. The Morgan fingerprint density at radius 3 is 2.66 bits per heavy atom. The maximum Gasteiger partial charge on any atom is 0.573 e. The highest BCUT2D eigenvalue weighted by Crippen LogP contribution is 2.27. The highest BCUT2D eigenvalue weighted by Gasteiger charge is 2.32. The lowest BCUT2D eigenvalue weighted by atomic mass is 10.1. The fourth-order valence-electron chi connectivity index (χ4n) is 2.91. The van der Waals surface area contributed by atoms with Crippen LogP contribution < -0.4 is 10.1 Å². The van der Waals surface area contributed by atoms with E-state index in [1.165, 1.54) is 12.1 Å². The highest BCUT2D eigenvalue weighted by molar-refractivity contribution is 6.02. The van der Waals surface area contributed by atoms with E-state index in [0.29, 0.717) is 11.3 Å². The summed E-state index contributed by atoms with van der Waals surface area (Å²) in [5.74, 6) is -0.558. The van der Waals surface area contributed by atoms with Crippen LogP contribution in [0.25, 0.3) is 10.9 Å². The molecule has 0 radical (unpaired) electrons. The number of anilines is 1. The minimum atomic E-state index is -4.78. The maximum atomic E-state index is 12.7. The molecule has 1 atom stereocenters. The van der Waals surface area contributed by atoms with Crippen LogP contribution in [-0.4, -0.2) is 35.2 Å². The van der Waals surface area contributed by atoms with Crippen molar-refractivity contribution in [3.05, 3.63) is 66.4 Å². The molecule has 1 heterocycles. The van der Waals surface area contributed by atoms with Crippen LogP contribution in [0.4, 0.5) is 18.9 Å². The van der Waals surface area contributed by atoms with Gasteiger partial charge in [0, 0.05) is 23.7 Å². The third-order valence-corrected chi connectivity index (χ3v) is 4.56. The lowest BCUT2D eigenvalue weighted by Crippen LogP contribution is -2.39. The van der Waals surface area contributed by atoms with Gasteiger partial charge in [-0.3, -0.25) is 14.7 Å². The Morgan fingerprint density at radius 1 is 1.14 bits per heavy atom. The Morgan fingerprint density at radius 2 is 1.90 bits per heavy atom. The van der Waals surface area contributed by atoms with E-state index in [-0.39, 0.29) is 18.2 Å². The lowest BCUT2D eigenvalue weighted by molar-refractivity contribution is -0.275. The Bertz CT molecular complexity index is 1000. The van der Waals surface area contributed by atoms with Crippen molar-refractivity contribution in [2.75, 3.05) is 12.4 Å². The fraction of sp³-hybridized carbons (Fsp3) is 0.238. The average Bonchev–Trinajstić information content (AvgIpc) is 2.68.